The van der Waals surface area contributed by atoms with Gasteiger partial charge in [-0.25, -0.2) is 0 Å². The monoisotopic (exact) mass is 150 g/mol. The van der Waals surface area contributed by atoms with Gasteiger partial charge >= 0.3 is 0 Å². The fourth-order valence-corrected chi connectivity index (χ4v) is 0.753. The van der Waals surface area contributed by atoms with Crippen molar-refractivity contribution in [1.82, 2.24) is 0 Å². The van der Waals surface area contributed by atoms with Crippen LogP contribution in [0.3, 0.4) is 0 Å². The highest BCUT2D eigenvalue weighted by Gasteiger charge is 1.87. The predicted octanol–water partition coefficient (Wildman–Crippen LogP) is 1.25. The second-order valence-electron chi connectivity index (χ2n) is 2.09. The lowest BCUT2D eigenvalue weighted by atomic mass is 10.2. The van der Waals surface area contributed by atoms with Crippen molar-refractivity contribution in [3.8, 4) is 0 Å². The summed E-state index contributed by atoms with van der Waals surface area (Å²) in [6, 6.07) is 7.41. The fourth-order valence-electron chi connectivity index (χ4n) is 0.753. The maximum Gasteiger partial charge on any atom is 0.106 e. The molecule has 2 N–H and O–H groups in total. The molecular formula is C8H10N2O. The highest BCUT2D eigenvalue weighted by Crippen LogP contribution is 2.03. The molecule has 11 heavy (non-hydrogen) atoms. The number of hydrogen-bond acceptors (Lipinski definition) is 3. The van der Waals surface area contributed by atoms with Crippen LogP contribution in [0.15, 0.2) is 29.4 Å². The molecule has 0 heterocycles. The predicted molar refractivity (Wildman–Crippen MR) is 45.5 cm³/mol. The number of benzene rings is 1. The van der Waals surface area contributed by atoms with E-state index in [2.05, 4.69) is 9.99 Å². The van der Waals surface area contributed by atoms with Gasteiger partial charge in [-0.05, 0) is 17.7 Å². The van der Waals surface area contributed by atoms with E-state index in [0.29, 0.717) is 0 Å². The van der Waals surface area contributed by atoms with Crippen molar-refractivity contribution in [3.63, 3.8) is 0 Å². The number of oxime groups is 1. The zero-order chi connectivity index (χ0) is 8.10. The maximum atomic E-state index is 5.53. The second kappa shape index (κ2) is 3.61. The summed E-state index contributed by atoms with van der Waals surface area (Å²) in [5.74, 6) is 0. The molecule has 1 aromatic carbocycles. The first-order chi connectivity index (χ1) is 5.33. The lowest BCUT2D eigenvalue weighted by Gasteiger charge is -1.93. The summed E-state index contributed by atoms with van der Waals surface area (Å²) in [7, 11) is 1.50. The van der Waals surface area contributed by atoms with Gasteiger partial charge in [-0.1, -0.05) is 17.3 Å². The topological polar surface area (TPSA) is 47.6 Å². The number of anilines is 1. The molecule has 1 rings (SSSR count). The molecule has 0 atom stereocenters. The van der Waals surface area contributed by atoms with Gasteiger partial charge in [0.1, 0.15) is 7.11 Å². The van der Waals surface area contributed by atoms with Crippen molar-refractivity contribution in [3.05, 3.63) is 29.8 Å². The highest BCUT2D eigenvalue weighted by atomic mass is 16.6. The van der Waals surface area contributed by atoms with Crippen molar-refractivity contribution in [2.45, 2.75) is 0 Å². The van der Waals surface area contributed by atoms with E-state index in [1.165, 1.54) is 7.11 Å². The molecule has 0 amide bonds. The number of nitrogen functional groups attached to an aromatic ring is 1. The van der Waals surface area contributed by atoms with Gasteiger partial charge < -0.3 is 10.6 Å². The van der Waals surface area contributed by atoms with Gasteiger partial charge in [-0.3, -0.25) is 0 Å². The Morgan fingerprint density at radius 1 is 1.55 bits per heavy atom. The lowest BCUT2D eigenvalue weighted by Crippen LogP contribution is -1.87. The van der Waals surface area contributed by atoms with E-state index in [1.54, 1.807) is 6.21 Å². The molecule has 0 aliphatic carbocycles. The molecule has 1 aromatic rings. The number of nitrogens with two attached hydrogens (primary N) is 1. The van der Waals surface area contributed by atoms with Gasteiger partial charge in [-0.15, -0.1) is 0 Å². The molecule has 0 radical (unpaired) electrons. The minimum atomic E-state index is 0.727. The van der Waals surface area contributed by atoms with Gasteiger partial charge in [0, 0.05) is 5.69 Å². The molecule has 0 aliphatic rings. The Kier molecular flexibility index (Phi) is 2.49. The Labute approximate surface area is 65.5 Å². The summed E-state index contributed by atoms with van der Waals surface area (Å²) in [6.45, 7) is 0. The van der Waals surface area contributed by atoms with Crippen LogP contribution >= 0.6 is 0 Å². The number of hydrogen-bond donors (Lipinski definition) is 1. The molecule has 0 aliphatic heterocycles. The summed E-state index contributed by atoms with van der Waals surface area (Å²) in [4.78, 5) is 4.51. The van der Waals surface area contributed by atoms with Gasteiger partial charge in [0.25, 0.3) is 0 Å². The molecule has 0 fully saturated rings. The summed E-state index contributed by atoms with van der Waals surface area (Å²) in [5, 5.41) is 3.60. The van der Waals surface area contributed by atoms with Gasteiger partial charge in [0.2, 0.25) is 0 Å². The third-order valence-corrected chi connectivity index (χ3v) is 1.22. The Bertz CT molecular complexity index is 258. The molecule has 0 saturated heterocycles. The standard InChI is InChI=1S/C8H10N2O/c1-11-10-6-7-3-2-4-8(9)5-7/h2-6H,9H2,1H3/b10-6+. The van der Waals surface area contributed by atoms with Crippen molar-refractivity contribution in [2.24, 2.45) is 5.16 Å². The smallest absolute Gasteiger partial charge is 0.106 e. The number of nitrogens with zero attached hydrogens (tertiary/aromatic N) is 1. The summed E-state index contributed by atoms with van der Waals surface area (Å²) >= 11 is 0. The van der Waals surface area contributed by atoms with Crippen LogP contribution < -0.4 is 5.73 Å². The van der Waals surface area contributed by atoms with E-state index in [9.17, 15) is 0 Å². The van der Waals surface area contributed by atoms with Gasteiger partial charge in [0.15, 0.2) is 0 Å². The molecule has 0 saturated carbocycles. The number of rotatable bonds is 2. The van der Waals surface area contributed by atoms with Crippen LogP contribution in [0.25, 0.3) is 0 Å². The summed E-state index contributed by atoms with van der Waals surface area (Å²) in [6.07, 6.45) is 1.61. The molecule has 3 heteroatoms. The Hall–Kier alpha value is -1.51. The fraction of sp³-hybridized carbons (Fsp3) is 0.125. The van der Waals surface area contributed by atoms with Crippen molar-refractivity contribution in [2.75, 3.05) is 12.8 Å². The zero-order valence-corrected chi connectivity index (χ0v) is 6.32. The normalized spacial score (nSPS) is 10.3. The van der Waals surface area contributed by atoms with Crippen molar-refractivity contribution in [1.29, 1.82) is 0 Å². The van der Waals surface area contributed by atoms with E-state index in [-0.39, 0.29) is 0 Å². The van der Waals surface area contributed by atoms with Gasteiger partial charge in [-0.2, -0.15) is 0 Å². The molecule has 58 valence electrons. The average molecular weight is 150 g/mol. The van der Waals surface area contributed by atoms with Crippen molar-refractivity contribution >= 4 is 11.9 Å². The Morgan fingerprint density at radius 3 is 3.00 bits per heavy atom. The lowest BCUT2D eigenvalue weighted by molar-refractivity contribution is 0.215. The largest absolute Gasteiger partial charge is 0.399 e. The van der Waals surface area contributed by atoms with Crippen LogP contribution in [-0.4, -0.2) is 13.3 Å². The van der Waals surface area contributed by atoms with Crippen LogP contribution in [0.4, 0.5) is 5.69 Å². The van der Waals surface area contributed by atoms with Gasteiger partial charge in [0.05, 0.1) is 6.21 Å². The Balaban J connectivity index is 2.79. The van der Waals surface area contributed by atoms with Crippen LogP contribution in [0, 0.1) is 0 Å². The third kappa shape index (κ3) is 2.29. The van der Waals surface area contributed by atoms with E-state index >= 15 is 0 Å². The first-order valence-electron chi connectivity index (χ1n) is 3.25. The Morgan fingerprint density at radius 2 is 2.36 bits per heavy atom. The average Bonchev–Trinajstić information content (AvgIpc) is 2.01. The van der Waals surface area contributed by atoms with E-state index in [4.69, 9.17) is 5.73 Å². The zero-order valence-electron chi connectivity index (χ0n) is 6.32. The molecule has 0 bridgehead atoms. The van der Waals surface area contributed by atoms with Crippen molar-refractivity contribution < 1.29 is 4.84 Å². The van der Waals surface area contributed by atoms with E-state index in [1.807, 2.05) is 24.3 Å². The molecule has 3 nitrogen and oxygen atoms in total. The van der Waals surface area contributed by atoms with Crippen LogP contribution in [-0.2, 0) is 4.84 Å². The quantitative estimate of drug-likeness (QED) is 0.392. The molecule has 0 spiro atoms. The minimum absolute atomic E-state index is 0.727. The first-order valence-corrected chi connectivity index (χ1v) is 3.25. The first kappa shape index (κ1) is 7.60. The maximum absolute atomic E-state index is 5.53. The molecule has 0 aromatic heterocycles. The SMILES string of the molecule is CO/N=C/c1cccc(N)c1. The minimum Gasteiger partial charge on any atom is -0.399 e. The summed E-state index contributed by atoms with van der Waals surface area (Å²) < 4.78 is 0. The summed E-state index contributed by atoms with van der Waals surface area (Å²) in [5.41, 5.74) is 7.19. The van der Waals surface area contributed by atoms with Crippen LogP contribution in [0.2, 0.25) is 0 Å². The van der Waals surface area contributed by atoms with Crippen LogP contribution in [0.1, 0.15) is 5.56 Å². The molecule has 0 unspecified atom stereocenters. The van der Waals surface area contributed by atoms with E-state index in [0.717, 1.165) is 11.3 Å². The second-order valence-corrected chi connectivity index (χ2v) is 2.09. The highest BCUT2D eigenvalue weighted by molar-refractivity contribution is 5.80. The molecular weight excluding hydrogens is 140 g/mol. The van der Waals surface area contributed by atoms with E-state index < -0.39 is 0 Å². The third-order valence-electron chi connectivity index (χ3n) is 1.22. The van der Waals surface area contributed by atoms with Crippen LogP contribution in [0.5, 0.6) is 0 Å².